The van der Waals surface area contributed by atoms with E-state index in [0.29, 0.717) is 28.6 Å². The molecule has 5 aliphatic rings. The fourth-order valence-electron chi connectivity index (χ4n) is 10.6. The largest absolute Gasteiger partial charge is 0.393 e. The van der Waals surface area contributed by atoms with E-state index in [1.807, 2.05) is 0 Å². The first-order chi connectivity index (χ1) is 14.6. The van der Waals surface area contributed by atoms with E-state index < -0.39 is 0 Å². The lowest BCUT2D eigenvalue weighted by Crippen LogP contribution is -2.64. The molecule has 0 aromatic rings. The van der Waals surface area contributed by atoms with E-state index in [-0.39, 0.29) is 33.9 Å². The van der Waals surface area contributed by atoms with Crippen molar-refractivity contribution >= 4 is 0 Å². The molecule has 0 amide bonds. The van der Waals surface area contributed by atoms with Crippen molar-refractivity contribution in [3.05, 3.63) is 11.6 Å². The van der Waals surface area contributed by atoms with Crippen LogP contribution in [0, 0.1) is 50.2 Å². The molecule has 0 aromatic heterocycles. The third kappa shape index (κ3) is 2.72. The fraction of sp³-hybridized carbons (Fsp3) is 0.933. The van der Waals surface area contributed by atoms with E-state index >= 15 is 0 Å². The molecular formula is C30H50O2. The Morgan fingerprint density at radius 3 is 2.12 bits per heavy atom. The molecule has 0 saturated heterocycles. The molecule has 0 heterocycles. The van der Waals surface area contributed by atoms with Gasteiger partial charge in [-0.05, 0) is 108 Å². The molecule has 4 saturated carbocycles. The Bertz CT molecular complexity index is 825. The highest BCUT2D eigenvalue weighted by molar-refractivity contribution is 5.33. The highest BCUT2D eigenvalue weighted by Crippen LogP contribution is 2.75. The van der Waals surface area contributed by atoms with Gasteiger partial charge in [-0.3, -0.25) is 0 Å². The Kier molecular flexibility index (Phi) is 4.87. The molecule has 2 heteroatoms. The summed E-state index contributed by atoms with van der Waals surface area (Å²) in [6.07, 6.45) is 13.0. The summed E-state index contributed by atoms with van der Waals surface area (Å²) in [7, 11) is 0. The molecule has 5 aliphatic carbocycles. The monoisotopic (exact) mass is 442 g/mol. The molecule has 0 spiro atoms. The smallest absolute Gasteiger partial charge is 0.0596 e. The summed E-state index contributed by atoms with van der Waals surface area (Å²) in [6, 6.07) is 0. The first-order valence-electron chi connectivity index (χ1n) is 13.7. The molecule has 0 aromatic carbocycles. The number of allylic oxidation sites excluding steroid dienone is 2. The number of aliphatic hydroxyl groups is 2. The van der Waals surface area contributed by atoms with Gasteiger partial charge >= 0.3 is 0 Å². The van der Waals surface area contributed by atoms with E-state index in [1.165, 1.54) is 38.5 Å². The molecule has 0 radical (unpaired) electrons. The van der Waals surface area contributed by atoms with Crippen molar-refractivity contribution in [1.29, 1.82) is 0 Å². The third-order valence-corrected chi connectivity index (χ3v) is 13.2. The van der Waals surface area contributed by atoms with Crippen molar-refractivity contribution in [3.63, 3.8) is 0 Å². The highest BCUT2D eigenvalue weighted by Gasteiger charge is 2.68. The number of fused-ring (bicyclic) bond motifs is 7. The minimum absolute atomic E-state index is 0.00813. The van der Waals surface area contributed by atoms with Crippen LogP contribution in [0.1, 0.15) is 113 Å². The van der Waals surface area contributed by atoms with Gasteiger partial charge in [-0.15, -0.1) is 0 Å². The second-order valence-electron chi connectivity index (χ2n) is 15.3. The molecule has 2 N–H and O–H groups in total. The van der Waals surface area contributed by atoms with Crippen LogP contribution < -0.4 is 0 Å². The van der Waals surface area contributed by atoms with Crippen molar-refractivity contribution in [1.82, 2.24) is 0 Å². The van der Waals surface area contributed by atoms with Crippen molar-refractivity contribution in [2.24, 2.45) is 50.2 Å². The molecule has 4 fully saturated rings. The zero-order valence-corrected chi connectivity index (χ0v) is 22.2. The van der Waals surface area contributed by atoms with Gasteiger partial charge in [0.2, 0.25) is 0 Å². The van der Waals surface area contributed by atoms with E-state index in [2.05, 4.69) is 61.5 Å². The van der Waals surface area contributed by atoms with Crippen molar-refractivity contribution in [2.75, 3.05) is 0 Å². The van der Waals surface area contributed by atoms with Gasteiger partial charge < -0.3 is 10.2 Å². The summed E-state index contributed by atoms with van der Waals surface area (Å²) in [6.45, 7) is 19.6. The van der Waals surface area contributed by atoms with Gasteiger partial charge in [0, 0.05) is 0 Å². The van der Waals surface area contributed by atoms with Gasteiger partial charge in [-0.1, -0.05) is 67.0 Å². The van der Waals surface area contributed by atoms with Crippen LogP contribution in [0.3, 0.4) is 0 Å². The summed E-state index contributed by atoms with van der Waals surface area (Å²) in [5.74, 6) is 1.95. The van der Waals surface area contributed by atoms with Crippen LogP contribution in [-0.4, -0.2) is 22.4 Å². The fourth-order valence-corrected chi connectivity index (χ4v) is 10.6. The minimum Gasteiger partial charge on any atom is -0.393 e. The van der Waals surface area contributed by atoms with Crippen LogP contribution >= 0.6 is 0 Å². The van der Waals surface area contributed by atoms with Gasteiger partial charge in [0.15, 0.2) is 0 Å². The molecule has 9 atom stereocenters. The maximum atomic E-state index is 10.9. The van der Waals surface area contributed by atoms with E-state index in [4.69, 9.17) is 0 Å². The third-order valence-electron chi connectivity index (χ3n) is 13.2. The van der Waals surface area contributed by atoms with E-state index in [0.717, 1.165) is 19.3 Å². The molecule has 5 rings (SSSR count). The second kappa shape index (κ2) is 6.66. The normalized spacial score (nSPS) is 56.2. The van der Waals surface area contributed by atoms with E-state index in [1.54, 1.807) is 5.57 Å². The van der Waals surface area contributed by atoms with Gasteiger partial charge in [0.25, 0.3) is 0 Å². The maximum absolute atomic E-state index is 10.9. The van der Waals surface area contributed by atoms with Gasteiger partial charge in [-0.25, -0.2) is 0 Å². The molecule has 2 nitrogen and oxygen atoms in total. The van der Waals surface area contributed by atoms with Crippen molar-refractivity contribution < 1.29 is 10.2 Å². The minimum atomic E-state index is -0.175. The number of aliphatic hydroxyl groups excluding tert-OH is 2. The predicted molar refractivity (Wildman–Crippen MR) is 132 cm³/mol. The van der Waals surface area contributed by atoms with Crippen LogP contribution in [0.15, 0.2) is 11.6 Å². The Labute approximate surface area is 197 Å². The van der Waals surface area contributed by atoms with Crippen LogP contribution in [0.25, 0.3) is 0 Å². The average molecular weight is 443 g/mol. The number of hydrogen-bond donors (Lipinski definition) is 2. The molecule has 32 heavy (non-hydrogen) atoms. The summed E-state index contributed by atoms with van der Waals surface area (Å²) in [5.41, 5.74) is 2.98. The Balaban J connectivity index is 1.57. The van der Waals surface area contributed by atoms with Crippen LogP contribution in [0.5, 0.6) is 0 Å². The van der Waals surface area contributed by atoms with Gasteiger partial charge in [0.05, 0.1) is 12.2 Å². The molecule has 182 valence electrons. The lowest BCUT2D eigenvalue weighted by atomic mass is 9.33. The zero-order valence-electron chi connectivity index (χ0n) is 22.2. The Morgan fingerprint density at radius 1 is 0.750 bits per heavy atom. The molecule has 0 unspecified atom stereocenters. The zero-order chi connectivity index (χ0) is 23.5. The summed E-state index contributed by atoms with van der Waals surface area (Å²) >= 11 is 0. The van der Waals surface area contributed by atoms with Gasteiger partial charge in [0.1, 0.15) is 0 Å². The van der Waals surface area contributed by atoms with Crippen LogP contribution in [-0.2, 0) is 0 Å². The summed E-state index contributed by atoms with van der Waals surface area (Å²) in [4.78, 5) is 0. The molecule has 0 aliphatic heterocycles. The van der Waals surface area contributed by atoms with Crippen LogP contribution in [0.4, 0.5) is 0 Å². The SMILES string of the molecule is CC1(C)C[C@H]2C3=CC[C@H]4[C@]5(C)CC[C@@H](O)C(C)(C)[C@H]5CC[C@@]4(C)[C@]3(C)CC[C@@]2(C)C[C@H]1O. The maximum Gasteiger partial charge on any atom is 0.0596 e. The second-order valence-corrected chi connectivity index (χ2v) is 15.3. The average Bonchev–Trinajstić information content (AvgIpc) is 2.68. The number of rotatable bonds is 0. The number of hydrogen-bond acceptors (Lipinski definition) is 2. The Hall–Kier alpha value is -0.340. The highest BCUT2D eigenvalue weighted by atomic mass is 16.3. The van der Waals surface area contributed by atoms with Crippen molar-refractivity contribution in [3.8, 4) is 0 Å². The quantitative estimate of drug-likeness (QED) is 0.391. The predicted octanol–water partition coefficient (Wildman–Crippen LogP) is 7.14. The Morgan fingerprint density at radius 2 is 1.44 bits per heavy atom. The summed E-state index contributed by atoms with van der Waals surface area (Å²) in [5, 5.41) is 21.8. The molecular weight excluding hydrogens is 392 g/mol. The lowest BCUT2D eigenvalue weighted by molar-refractivity contribution is -0.205. The van der Waals surface area contributed by atoms with Crippen LogP contribution in [0.2, 0.25) is 0 Å². The lowest BCUT2D eigenvalue weighted by Gasteiger charge is -2.71. The standard InChI is InChI=1S/C30H50O2/c1-25(2)17-20-19-9-10-22-28(6)13-12-23(31)26(3,4)21(28)11-14-30(22,8)29(19,7)16-15-27(20,5)18-24(25)32/h9,20-24,31-32H,10-18H2,1-8H3/t20-,21+,22-,23+,24+,27-,28+,29+,30+/m0/s1. The first-order valence-corrected chi connectivity index (χ1v) is 13.7. The molecule has 0 bridgehead atoms. The first kappa shape index (κ1) is 23.4. The van der Waals surface area contributed by atoms with E-state index in [9.17, 15) is 10.2 Å². The summed E-state index contributed by atoms with van der Waals surface area (Å²) < 4.78 is 0. The van der Waals surface area contributed by atoms with Crippen molar-refractivity contribution in [2.45, 2.75) is 125 Å². The topological polar surface area (TPSA) is 40.5 Å². The van der Waals surface area contributed by atoms with Gasteiger partial charge in [-0.2, -0.15) is 0 Å².